The highest BCUT2D eigenvalue weighted by atomic mass is 16.2. The zero-order valence-corrected chi connectivity index (χ0v) is 13.1. The van der Waals surface area contributed by atoms with Crippen molar-refractivity contribution in [1.82, 2.24) is 4.57 Å². The number of hydrogen-bond acceptors (Lipinski definition) is 1. The minimum absolute atomic E-state index is 0.0616. The van der Waals surface area contributed by atoms with E-state index in [1.807, 2.05) is 59.1 Å². The number of urea groups is 1. The number of hydrogen-bond donors (Lipinski definition) is 1. The number of aromatic nitrogens is 1. The molecule has 0 bridgehead atoms. The molecule has 2 amide bonds. The number of nitrogens with one attached hydrogen (secondary N) is 1. The van der Waals surface area contributed by atoms with Gasteiger partial charge < -0.3 is 9.88 Å². The van der Waals surface area contributed by atoms with Gasteiger partial charge in [0.05, 0.1) is 5.69 Å². The molecule has 0 atom stereocenters. The van der Waals surface area contributed by atoms with Crippen LogP contribution in [0.15, 0.2) is 54.7 Å². The van der Waals surface area contributed by atoms with E-state index in [1.54, 1.807) is 0 Å². The van der Waals surface area contributed by atoms with Crippen molar-refractivity contribution in [3.63, 3.8) is 0 Å². The molecule has 1 N–H and O–H groups in total. The molecule has 0 saturated heterocycles. The summed E-state index contributed by atoms with van der Waals surface area (Å²) >= 11 is 0. The highest BCUT2D eigenvalue weighted by Crippen LogP contribution is 2.29. The van der Waals surface area contributed by atoms with E-state index in [4.69, 9.17) is 0 Å². The predicted octanol–water partition coefficient (Wildman–Crippen LogP) is 4.16. The molecule has 0 aliphatic carbocycles. The normalized spacial score (nSPS) is 13.9. The minimum Gasteiger partial charge on any atom is -0.348 e. The maximum Gasteiger partial charge on any atom is 0.326 e. The van der Waals surface area contributed by atoms with E-state index in [9.17, 15) is 4.79 Å². The summed E-state index contributed by atoms with van der Waals surface area (Å²) in [5, 5.41) is 4.15. The second-order valence-corrected chi connectivity index (χ2v) is 5.98. The van der Waals surface area contributed by atoms with Gasteiger partial charge in [-0.1, -0.05) is 36.4 Å². The van der Waals surface area contributed by atoms with Gasteiger partial charge in [-0.15, -0.1) is 0 Å². The zero-order chi connectivity index (χ0) is 15.8. The molecule has 4 heteroatoms. The first-order valence-corrected chi connectivity index (χ1v) is 7.94. The number of para-hydroxylation sites is 2. The Hall–Kier alpha value is -2.75. The Morgan fingerprint density at radius 3 is 2.78 bits per heavy atom. The van der Waals surface area contributed by atoms with Gasteiger partial charge in [0.15, 0.2) is 0 Å². The molecular formula is C19H19N3O. The van der Waals surface area contributed by atoms with E-state index >= 15 is 0 Å². The van der Waals surface area contributed by atoms with Crippen LogP contribution in [0.4, 0.5) is 16.2 Å². The fourth-order valence-corrected chi connectivity index (χ4v) is 3.37. The molecule has 3 aromatic rings. The van der Waals surface area contributed by atoms with Crippen molar-refractivity contribution in [3.05, 3.63) is 60.3 Å². The third-order valence-electron chi connectivity index (χ3n) is 4.49. The first kappa shape index (κ1) is 13.9. The van der Waals surface area contributed by atoms with E-state index in [-0.39, 0.29) is 6.03 Å². The lowest BCUT2D eigenvalue weighted by Gasteiger charge is -2.29. The number of anilines is 2. The number of benzene rings is 2. The lowest BCUT2D eigenvalue weighted by atomic mass is 10.0. The molecule has 23 heavy (non-hydrogen) atoms. The summed E-state index contributed by atoms with van der Waals surface area (Å²) in [7, 11) is 1.99. The van der Waals surface area contributed by atoms with Crippen molar-refractivity contribution >= 4 is 28.3 Å². The summed E-state index contributed by atoms with van der Waals surface area (Å²) in [5.41, 5.74) is 4.24. The Kier molecular flexibility index (Phi) is 3.30. The van der Waals surface area contributed by atoms with Crippen molar-refractivity contribution < 1.29 is 4.79 Å². The molecule has 2 heterocycles. The number of amides is 2. The van der Waals surface area contributed by atoms with Gasteiger partial charge in [-0.05, 0) is 30.5 Å². The third-order valence-corrected chi connectivity index (χ3v) is 4.49. The summed E-state index contributed by atoms with van der Waals surface area (Å²) in [6.45, 7) is 0.758. The van der Waals surface area contributed by atoms with Crippen LogP contribution in [0.2, 0.25) is 0 Å². The number of carbonyl (C=O) groups excluding carboxylic acids is 1. The van der Waals surface area contributed by atoms with Crippen LogP contribution in [0.3, 0.4) is 0 Å². The van der Waals surface area contributed by atoms with Crippen molar-refractivity contribution in [2.45, 2.75) is 12.8 Å². The van der Waals surface area contributed by atoms with Crippen LogP contribution < -0.4 is 10.2 Å². The SMILES string of the molecule is Cn1cc(NC(=O)N2CCCc3ccccc32)c2ccccc21. The fourth-order valence-electron chi connectivity index (χ4n) is 3.37. The molecule has 0 saturated carbocycles. The monoisotopic (exact) mass is 305 g/mol. The van der Waals surface area contributed by atoms with Crippen LogP contribution in [0, 0.1) is 0 Å². The summed E-state index contributed by atoms with van der Waals surface area (Å²) in [4.78, 5) is 14.6. The molecule has 0 unspecified atom stereocenters. The molecule has 4 nitrogen and oxygen atoms in total. The minimum atomic E-state index is -0.0616. The molecule has 116 valence electrons. The molecule has 4 rings (SSSR count). The second-order valence-electron chi connectivity index (χ2n) is 5.98. The summed E-state index contributed by atoms with van der Waals surface area (Å²) < 4.78 is 2.04. The topological polar surface area (TPSA) is 37.3 Å². The van der Waals surface area contributed by atoms with E-state index in [0.717, 1.165) is 41.7 Å². The van der Waals surface area contributed by atoms with Gasteiger partial charge in [-0.25, -0.2) is 4.79 Å². The van der Waals surface area contributed by atoms with Crippen molar-refractivity contribution in [1.29, 1.82) is 0 Å². The van der Waals surface area contributed by atoms with Crippen molar-refractivity contribution in [2.24, 2.45) is 7.05 Å². The molecule has 0 fully saturated rings. The second kappa shape index (κ2) is 5.47. The quantitative estimate of drug-likeness (QED) is 0.720. The molecule has 1 aliphatic rings. The molecule has 0 spiro atoms. The van der Waals surface area contributed by atoms with E-state index in [0.29, 0.717) is 0 Å². The van der Waals surface area contributed by atoms with Crippen LogP contribution >= 0.6 is 0 Å². The van der Waals surface area contributed by atoms with Gasteiger partial charge in [0, 0.05) is 36.4 Å². The molecule has 0 radical (unpaired) electrons. The lowest BCUT2D eigenvalue weighted by Crippen LogP contribution is -2.38. The van der Waals surface area contributed by atoms with Gasteiger partial charge in [-0.2, -0.15) is 0 Å². The smallest absolute Gasteiger partial charge is 0.326 e. The van der Waals surface area contributed by atoms with Gasteiger partial charge in [0.1, 0.15) is 0 Å². The Bertz CT molecular complexity index is 881. The maximum atomic E-state index is 12.8. The largest absolute Gasteiger partial charge is 0.348 e. The third kappa shape index (κ3) is 2.36. The van der Waals surface area contributed by atoms with Gasteiger partial charge >= 0.3 is 6.03 Å². The van der Waals surface area contributed by atoms with Crippen LogP contribution in [0.25, 0.3) is 10.9 Å². The molecular weight excluding hydrogens is 286 g/mol. The van der Waals surface area contributed by atoms with Gasteiger partial charge in [-0.3, -0.25) is 4.90 Å². The van der Waals surface area contributed by atoms with E-state index in [1.165, 1.54) is 5.56 Å². The number of fused-ring (bicyclic) bond motifs is 2. The number of carbonyl (C=O) groups is 1. The standard InChI is InChI=1S/C19H19N3O/c1-21-13-16(15-9-3-5-11-18(15)21)20-19(23)22-12-6-8-14-7-2-4-10-17(14)22/h2-5,7,9-11,13H,6,8,12H2,1H3,(H,20,23). The summed E-state index contributed by atoms with van der Waals surface area (Å²) in [5.74, 6) is 0. The Morgan fingerprint density at radius 1 is 1.09 bits per heavy atom. The van der Waals surface area contributed by atoms with Crippen molar-refractivity contribution in [3.8, 4) is 0 Å². The van der Waals surface area contributed by atoms with Crippen LogP contribution in [-0.4, -0.2) is 17.1 Å². The van der Waals surface area contributed by atoms with Gasteiger partial charge in [0.2, 0.25) is 0 Å². The zero-order valence-electron chi connectivity index (χ0n) is 13.1. The van der Waals surface area contributed by atoms with Gasteiger partial charge in [0.25, 0.3) is 0 Å². The maximum absolute atomic E-state index is 12.8. The molecule has 2 aromatic carbocycles. The number of nitrogens with zero attached hydrogens (tertiary/aromatic N) is 2. The van der Waals surface area contributed by atoms with Crippen LogP contribution in [-0.2, 0) is 13.5 Å². The molecule has 1 aliphatic heterocycles. The fraction of sp³-hybridized carbons (Fsp3) is 0.211. The van der Waals surface area contributed by atoms with Crippen molar-refractivity contribution in [2.75, 3.05) is 16.8 Å². The van der Waals surface area contributed by atoms with Crippen LogP contribution in [0.5, 0.6) is 0 Å². The average Bonchev–Trinajstić information content (AvgIpc) is 2.91. The number of rotatable bonds is 1. The molecule has 1 aromatic heterocycles. The average molecular weight is 305 g/mol. The summed E-state index contributed by atoms with van der Waals surface area (Å²) in [6.07, 6.45) is 4.01. The first-order chi connectivity index (χ1) is 11.2. The first-order valence-electron chi connectivity index (χ1n) is 7.94. The van der Waals surface area contributed by atoms with E-state index < -0.39 is 0 Å². The Labute approximate surface area is 135 Å². The van der Waals surface area contributed by atoms with E-state index in [2.05, 4.69) is 17.4 Å². The Balaban J connectivity index is 1.66. The lowest BCUT2D eigenvalue weighted by molar-refractivity contribution is 0.256. The van der Waals surface area contributed by atoms with Crippen LogP contribution in [0.1, 0.15) is 12.0 Å². The predicted molar refractivity (Wildman–Crippen MR) is 94.0 cm³/mol. The Morgan fingerprint density at radius 2 is 1.87 bits per heavy atom. The number of aryl methyl sites for hydroxylation is 2. The highest BCUT2D eigenvalue weighted by molar-refractivity contribution is 6.07. The highest BCUT2D eigenvalue weighted by Gasteiger charge is 2.22. The summed E-state index contributed by atoms with van der Waals surface area (Å²) in [6, 6.07) is 16.2.